The Morgan fingerprint density at radius 3 is 2.96 bits per heavy atom. The van der Waals surface area contributed by atoms with Crippen LogP contribution in [-0.2, 0) is 0 Å². The van der Waals surface area contributed by atoms with Crippen LogP contribution in [0.25, 0.3) is 22.6 Å². The number of thiazole rings is 1. The highest BCUT2D eigenvalue weighted by atomic mass is 35.5. The van der Waals surface area contributed by atoms with Crippen LogP contribution in [-0.4, -0.2) is 25.8 Å². The molecule has 0 saturated carbocycles. The second-order valence-electron chi connectivity index (χ2n) is 5.46. The lowest BCUT2D eigenvalue weighted by Gasteiger charge is -2.06. The average Bonchev–Trinajstić information content (AvgIpc) is 3.25. The molecule has 0 aliphatic heterocycles. The van der Waals surface area contributed by atoms with Crippen LogP contribution in [0.5, 0.6) is 0 Å². The number of pyridine rings is 1. The van der Waals surface area contributed by atoms with Gasteiger partial charge in [0.2, 0.25) is 0 Å². The topological polar surface area (TPSA) is 83.6 Å². The molecular weight excluding hydrogens is 358 g/mol. The molecular formula is C17H12ClN5OS. The van der Waals surface area contributed by atoms with Crippen molar-refractivity contribution in [2.45, 2.75) is 6.92 Å². The third kappa shape index (κ3) is 3.11. The second kappa shape index (κ2) is 6.27. The van der Waals surface area contributed by atoms with Crippen molar-refractivity contribution in [2.24, 2.45) is 0 Å². The number of aromatic nitrogens is 4. The maximum Gasteiger partial charge on any atom is 0.284 e. The number of amides is 1. The van der Waals surface area contributed by atoms with Crippen LogP contribution in [0.4, 0.5) is 5.69 Å². The number of anilines is 1. The zero-order valence-corrected chi connectivity index (χ0v) is 14.6. The molecule has 3 aromatic heterocycles. The molecule has 0 aliphatic carbocycles. The van der Waals surface area contributed by atoms with E-state index in [1.54, 1.807) is 36.0 Å². The number of H-pyrrole nitrogens is 1. The number of halogens is 1. The molecule has 25 heavy (non-hydrogen) atoms. The molecule has 0 unspecified atom stereocenters. The number of aromatic amines is 1. The molecule has 1 amide bonds. The van der Waals surface area contributed by atoms with E-state index in [1.807, 2.05) is 13.0 Å². The van der Waals surface area contributed by atoms with Crippen molar-refractivity contribution >= 4 is 45.7 Å². The number of fused-ring (bicyclic) bond motifs is 1. The van der Waals surface area contributed by atoms with E-state index in [0.717, 1.165) is 11.1 Å². The molecule has 4 rings (SSSR count). The van der Waals surface area contributed by atoms with Gasteiger partial charge in [0.15, 0.2) is 10.7 Å². The summed E-state index contributed by atoms with van der Waals surface area (Å²) in [6.07, 6.45) is 3.36. The van der Waals surface area contributed by atoms with Crippen LogP contribution >= 0.6 is 22.9 Å². The normalized spacial score (nSPS) is 11.0. The van der Waals surface area contributed by atoms with Crippen molar-refractivity contribution < 1.29 is 4.79 Å². The second-order valence-corrected chi connectivity index (χ2v) is 6.76. The summed E-state index contributed by atoms with van der Waals surface area (Å²) >= 11 is 7.60. The Morgan fingerprint density at radius 2 is 2.16 bits per heavy atom. The van der Waals surface area contributed by atoms with Crippen LogP contribution < -0.4 is 5.32 Å². The molecule has 6 nitrogen and oxygen atoms in total. The quantitative estimate of drug-likeness (QED) is 0.564. The van der Waals surface area contributed by atoms with Crippen LogP contribution in [0.3, 0.4) is 0 Å². The monoisotopic (exact) mass is 369 g/mol. The van der Waals surface area contributed by atoms with Gasteiger partial charge in [-0.15, -0.1) is 11.3 Å². The van der Waals surface area contributed by atoms with Gasteiger partial charge in [-0.05, 0) is 36.8 Å². The van der Waals surface area contributed by atoms with Crippen LogP contribution in [0, 0.1) is 6.92 Å². The largest absolute Gasteiger partial charge is 0.337 e. The first-order valence-corrected chi connectivity index (χ1v) is 8.69. The zero-order valence-electron chi connectivity index (χ0n) is 13.1. The summed E-state index contributed by atoms with van der Waals surface area (Å²) < 4.78 is 0. The van der Waals surface area contributed by atoms with E-state index in [2.05, 4.69) is 25.3 Å². The Labute approximate surface area is 151 Å². The standard InChI is InChI=1S/C17H12ClN5OS/c1-9-6-13-15(20-8-9)23-14(22-13)11-7-10(2-3-12(11)18)21-16(24)17-19-4-5-25-17/h2-8H,1H3,(H,21,24)(H,20,22,23). The Balaban J connectivity index is 1.70. The lowest BCUT2D eigenvalue weighted by molar-refractivity contribution is 0.102. The summed E-state index contributed by atoms with van der Waals surface area (Å²) in [4.78, 5) is 28.2. The van der Waals surface area contributed by atoms with Crippen molar-refractivity contribution in [1.82, 2.24) is 19.9 Å². The number of nitrogens with zero attached hydrogens (tertiary/aromatic N) is 3. The number of hydrogen-bond donors (Lipinski definition) is 2. The number of nitrogens with one attached hydrogen (secondary N) is 2. The maximum atomic E-state index is 12.2. The average molecular weight is 370 g/mol. The van der Waals surface area contributed by atoms with E-state index in [1.165, 1.54) is 11.3 Å². The minimum absolute atomic E-state index is 0.259. The summed E-state index contributed by atoms with van der Waals surface area (Å²) in [5.74, 6) is 0.341. The van der Waals surface area contributed by atoms with Crippen LogP contribution in [0.1, 0.15) is 15.4 Å². The van der Waals surface area contributed by atoms with E-state index in [0.29, 0.717) is 32.8 Å². The highest BCUT2D eigenvalue weighted by Crippen LogP contribution is 2.30. The van der Waals surface area contributed by atoms with Gasteiger partial charge in [-0.2, -0.15) is 0 Å². The Kier molecular flexibility index (Phi) is 3.95. The first-order chi connectivity index (χ1) is 12.1. The molecule has 0 spiro atoms. The van der Waals surface area contributed by atoms with Gasteiger partial charge in [-0.3, -0.25) is 4.79 Å². The van der Waals surface area contributed by atoms with Crippen molar-refractivity contribution in [2.75, 3.05) is 5.32 Å². The predicted octanol–water partition coefficient (Wildman–Crippen LogP) is 4.30. The lowest BCUT2D eigenvalue weighted by Crippen LogP contribution is -2.11. The third-order valence-corrected chi connectivity index (χ3v) is 4.68. The van der Waals surface area contributed by atoms with Crippen LogP contribution in [0.2, 0.25) is 5.02 Å². The first-order valence-electron chi connectivity index (χ1n) is 7.43. The molecule has 2 N–H and O–H groups in total. The zero-order chi connectivity index (χ0) is 17.4. The van der Waals surface area contributed by atoms with Gasteiger partial charge in [0.1, 0.15) is 5.82 Å². The number of hydrogen-bond acceptors (Lipinski definition) is 5. The Hall–Kier alpha value is -2.77. The fraction of sp³-hybridized carbons (Fsp3) is 0.0588. The first kappa shape index (κ1) is 15.7. The van der Waals surface area contributed by atoms with Crippen molar-refractivity contribution in [3.8, 4) is 11.4 Å². The number of rotatable bonds is 3. The molecule has 1 aromatic carbocycles. The minimum Gasteiger partial charge on any atom is -0.337 e. The summed E-state index contributed by atoms with van der Waals surface area (Å²) in [6.45, 7) is 1.97. The van der Waals surface area contributed by atoms with Gasteiger partial charge in [-0.1, -0.05) is 11.6 Å². The highest BCUT2D eigenvalue weighted by Gasteiger charge is 2.13. The van der Waals surface area contributed by atoms with E-state index < -0.39 is 0 Å². The molecule has 124 valence electrons. The molecule has 4 aromatic rings. The molecule has 0 radical (unpaired) electrons. The smallest absolute Gasteiger partial charge is 0.284 e. The maximum absolute atomic E-state index is 12.2. The molecule has 8 heteroatoms. The van der Waals surface area contributed by atoms with Gasteiger partial charge in [-0.25, -0.2) is 15.0 Å². The number of carbonyl (C=O) groups excluding carboxylic acids is 1. The van der Waals surface area contributed by atoms with E-state index in [-0.39, 0.29) is 5.91 Å². The SMILES string of the molecule is Cc1cnc2nc(-c3cc(NC(=O)c4nccs4)ccc3Cl)[nH]c2c1. The van der Waals surface area contributed by atoms with Crippen molar-refractivity contribution in [3.63, 3.8) is 0 Å². The molecule has 0 fully saturated rings. The fourth-order valence-electron chi connectivity index (χ4n) is 2.44. The van der Waals surface area contributed by atoms with Gasteiger partial charge >= 0.3 is 0 Å². The molecule has 0 atom stereocenters. The van der Waals surface area contributed by atoms with Crippen LogP contribution in [0.15, 0.2) is 42.0 Å². The summed E-state index contributed by atoms with van der Waals surface area (Å²) in [6, 6.07) is 7.21. The van der Waals surface area contributed by atoms with E-state index >= 15 is 0 Å². The summed E-state index contributed by atoms with van der Waals surface area (Å²) in [5.41, 5.74) is 3.80. The van der Waals surface area contributed by atoms with E-state index in [9.17, 15) is 4.79 Å². The molecule has 0 saturated heterocycles. The van der Waals surface area contributed by atoms with Gasteiger partial charge in [0, 0.05) is 29.0 Å². The van der Waals surface area contributed by atoms with Gasteiger partial charge in [0.05, 0.1) is 10.5 Å². The fourth-order valence-corrected chi connectivity index (χ4v) is 3.17. The number of aryl methyl sites for hydroxylation is 1. The lowest BCUT2D eigenvalue weighted by atomic mass is 10.2. The van der Waals surface area contributed by atoms with Crippen molar-refractivity contribution in [3.05, 3.63) is 57.6 Å². The van der Waals surface area contributed by atoms with Gasteiger partial charge < -0.3 is 10.3 Å². The molecule has 3 heterocycles. The minimum atomic E-state index is -0.259. The number of carbonyl (C=O) groups is 1. The highest BCUT2D eigenvalue weighted by molar-refractivity contribution is 7.11. The van der Waals surface area contributed by atoms with E-state index in [4.69, 9.17) is 11.6 Å². The third-order valence-electron chi connectivity index (χ3n) is 3.58. The predicted molar refractivity (Wildman–Crippen MR) is 99.1 cm³/mol. The van der Waals surface area contributed by atoms with Gasteiger partial charge in [0.25, 0.3) is 5.91 Å². The molecule has 0 aliphatic rings. The number of benzene rings is 1. The Bertz CT molecular complexity index is 1070. The Morgan fingerprint density at radius 1 is 1.28 bits per heavy atom. The summed E-state index contributed by atoms with van der Waals surface area (Å²) in [7, 11) is 0. The van der Waals surface area contributed by atoms with Crippen molar-refractivity contribution in [1.29, 1.82) is 0 Å². The summed E-state index contributed by atoms with van der Waals surface area (Å²) in [5, 5.41) is 5.51. The molecule has 0 bridgehead atoms. The number of imidazole rings is 1.